The largest absolute Gasteiger partial charge is 0.383 e. The first-order valence-corrected chi connectivity index (χ1v) is 4.71. The molecule has 1 rings (SSSR count). The van der Waals surface area contributed by atoms with Gasteiger partial charge in [0.2, 0.25) is 0 Å². The molecule has 13 heavy (non-hydrogen) atoms. The summed E-state index contributed by atoms with van der Waals surface area (Å²) in [4.78, 5) is 0. The first-order valence-electron chi connectivity index (χ1n) is 3.95. The molecule has 0 atom stereocenters. The topological polar surface area (TPSA) is 12.0 Å². The van der Waals surface area contributed by atoms with Crippen molar-refractivity contribution in [1.29, 1.82) is 0 Å². The molecule has 0 bridgehead atoms. The lowest BCUT2D eigenvalue weighted by molar-refractivity contribution is 0.630. The molecule has 1 aromatic carbocycles. The summed E-state index contributed by atoms with van der Waals surface area (Å²) in [6.45, 7) is 4.19. The van der Waals surface area contributed by atoms with Crippen LogP contribution in [0.2, 0.25) is 10.0 Å². The van der Waals surface area contributed by atoms with E-state index in [1.807, 2.05) is 6.92 Å². The maximum absolute atomic E-state index is 13.4. The molecule has 0 aliphatic heterocycles. The Morgan fingerprint density at radius 2 is 2.08 bits per heavy atom. The summed E-state index contributed by atoms with van der Waals surface area (Å²) < 4.78 is 13.4. The average molecular weight is 222 g/mol. The molecule has 0 saturated carbocycles. The molecule has 0 amide bonds. The van der Waals surface area contributed by atoms with Crippen molar-refractivity contribution in [2.24, 2.45) is 0 Å². The van der Waals surface area contributed by atoms with Crippen LogP contribution in [0.25, 0.3) is 0 Å². The predicted octanol–water partition coefficient (Wildman–Crippen LogP) is 3.87. The molecule has 4 heteroatoms. The Morgan fingerprint density at radius 3 is 2.62 bits per heavy atom. The van der Waals surface area contributed by atoms with E-state index in [4.69, 9.17) is 23.2 Å². The Bertz CT molecular complexity index is 326. The van der Waals surface area contributed by atoms with Crippen LogP contribution in [-0.2, 0) is 0 Å². The summed E-state index contributed by atoms with van der Waals surface area (Å²) in [5.41, 5.74) is 0.922. The smallest absolute Gasteiger partial charge is 0.165 e. The highest BCUT2D eigenvalue weighted by molar-refractivity contribution is 6.36. The molecule has 0 saturated heterocycles. The minimum atomic E-state index is -0.439. The van der Waals surface area contributed by atoms with E-state index in [1.165, 1.54) is 0 Å². The van der Waals surface area contributed by atoms with Crippen molar-refractivity contribution < 1.29 is 4.39 Å². The molecule has 72 valence electrons. The van der Waals surface area contributed by atoms with Crippen LogP contribution in [0.3, 0.4) is 0 Å². The van der Waals surface area contributed by atoms with E-state index in [1.54, 1.807) is 13.0 Å². The summed E-state index contributed by atoms with van der Waals surface area (Å²) in [6, 6.07) is 1.54. The molecular formula is C9H10Cl2FN. The standard InChI is InChI=1S/C9H10Cl2FN/c1-3-13-7-4-6(10)5(2)8(11)9(7)12/h4,13H,3H2,1-2H3. The molecule has 1 nitrogen and oxygen atoms in total. The Hall–Kier alpha value is -0.470. The van der Waals surface area contributed by atoms with Crippen molar-refractivity contribution in [3.63, 3.8) is 0 Å². The molecule has 0 spiro atoms. The van der Waals surface area contributed by atoms with Crippen LogP contribution in [0.5, 0.6) is 0 Å². The first kappa shape index (κ1) is 10.6. The average Bonchev–Trinajstić information content (AvgIpc) is 2.11. The van der Waals surface area contributed by atoms with Gasteiger partial charge in [0, 0.05) is 11.6 Å². The molecule has 0 fully saturated rings. The van der Waals surface area contributed by atoms with E-state index in [0.717, 1.165) is 0 Å². The SMILES string of the molecule is CCNc1cc(Cl)c(C)c(Cl)c1F. The van der Waals surface area contributed by atoms with E-state index >= 15 is 0 Å². The molecule has 0 aliphatic carbocycles. The lowest BCUT2D eigenvalue weighted by Gasteiger charge is -2.09. The van der Waals surface area contributed by atoms with E-state index in [9.17, 15) is 4.39 Å². The van der Waals surface area contributed by atoms with Crippen LogP contribution in [0.1, 0.15) is 12.5 Å². The summed E-state index contributed by atoms with van der Waals surface area (Å²) in [5, 5.41) is 3.40. The summed E-state index contributed by atoms with van der Waals surface area (Å²) in [7, 11) is 0. The van der Waals surface area contributed by atoms with Gasteiger partial charge in [-0.2, -0.15) is 0 Å². The van der Waals surface area contributed by atoms with Gasteiger partial charge in [-0.05, 0) is 25.5 Å². The minimum absolute atomic E-state index is 0.0865. The summed E-state index contributed by atoms with van der Waals surface area (Å²) in [5.74, 6) is -0.439. The maximum Gasteiger partial charge on any atom is 0.165 e. The van der Waals surface area contributed by atoms with Crippen LogP contribution >= 0.6 is 23.2 Å². The second-order valence-corrected chi connectivity index (χ2v) is 3.47. The Morgan fingerprint density at radius 1 is 1.46 bits per heavy atom. The Labute approximate surface area is 86.8 Å². The second-order valence-electron chi connectivity index (χ2n) is 2.69. The number of nitrogens with one attached hydrogen (secondary N) is 1. The molecule has 0 radical (unpaired) electrons. The van der Waals surface area contributed by atoms with Crippen molar-refractivity contribution in [3.05, 3.63) is 27.5 Å². The van der Waals surface area contributed by atoms with Gasteiger partial charge in [0.25, 0.3) is 0 Å². The van der Waals surface area contributed by atoms with Crippen molar-refractivity contribution in [2.45, 2.75) is 13.8 Å². The number of anilines is 1. The third-order valence-electron chi connectivity index (χ3n) is 1.75. The molecule has 0 aliphatic rings. The van der Waals surface area contributed by atoms with Gasteiger partial charge >= 0.3 is 0 Å². The van der Waals surface area contributed by atoms with Crippen LogP contribution in [0.15, 0.2) is 6.07 Å². The fraction of sp³-hybridized carbons (Fsp3) is 0.333. The highest BCUT2D eigenvalue weighted by Gasteiger charge is 2.11. The van der Waals surface area contributed by atoms with Gasteiger partial charge in [0.15, 0.2) is 5.82 Å². The zero-order valence-electron chi connectivity index (χ0n) is 7.42. The minimum Gasteiger partial charge on any atom is -0.383 e. The number of hydrogen-bond acceptors (Lipinski definition) is 1. The Balaban J connectivity index is 3.24. The molecule has 0 heterocycles. The summed E-state index contributed by atoms with van der Waals surface area (Å²) in [6.07, 6.45) is 0. The first-order chi connectivity index (χ1) is 6.07. The second kappa shape index (κ2) is 4.16. The summed E-state index contributed by atoms with van der Waals surface area (Å²) >= 11 is 11.6. The molecular weight excluding hydrogens is 212 g/mol. The third-order valence-corrected chi connectivity index (χ3v) is 2.60. The monoisotopic (exact) mass is 221 g/mol. The quantitative estimate of drug-likeness (QED) is 0.749. The van der Waals surface area contributed by atoms with Gasteiger partial charge in [0.1, 0.15) is 0 Å². The number of rotatable bonds is 2. The van der Waals surface area contributed by atoms with Crippen molar-refractivity contribution in [3.8, 4) is 0 Å². The maximum atomic E-state index is 13.4. The van der Waals surface area contributed by atoms with Crippen LogP contribution in [0.4, 0.5) is 10.1 Å². The normalized spacial score (nSPS) is 10.2. The van der Waals surface area contributed by atoms with E-state index in [0.29, 0.717) is 22.8 Å². The van der Waals surface area contributed by atoms with Crippen molar-refractivity contribution >= 4 is 28.9 Å². The molecule has 1 aromatic rings. The van der Waals surface area contributed by atoms with Gasteiger partial charge in [-0.25, -0.2) is 4.39 Å². The van der Waals surface area contributed by atoms with Crippen LogP contribution < -0.4 is 5.32 Å². The fourth-order valence-electron chi connectivity index (χ4n) is 1.01. The molecule has 1 N–H and O–H groups in total. The van der Waals surface area contributed by atoms with Crippen LogP contribution in [0, 0.1) is 12.7 Å². The lowest BCUT2D eigenvalue weighted by atomic mass is 10.2. The third kappa shape index (κ3) is 2.06. The van der Waals surface area contributed by atoms with Gasteiger partial charge in [0.05, 0.1) is 10.7 Å². The van der Waals surface area contributed by atoms with E-state index in [-0.39, 0.29) is 5.02 Å². The van der Waals surface area contributed by atoms with E-state index < -0.39 is 5.82 Å². The van der Waals surface area contributed by atoms with Crippen molar-refractivity contribution in [2.75, 3.05) is 11.9 Å². The highest BCUT2D eigenvalue weighted by atomic mass is 35.5. The highest BCUT2D eigenvalue weighted by Crippen LogP contribution is 2.31. The zero-order valence-corrected chi connectivity index (χ0v) is 8.93. The van der Waals surface area contributed by atoms with Crippen LogP contribution in [-0.4, -0.2) is 6.54 Å². The van der Waals surface area contributed by atoms with Gasteiger partial charge in [-0.1, -0.05) is 23.2 Å². The predicted molar refractivity (Wildman–Crippen MR) is 55.3 cm³/mol. The van der Waals surface area contributed by atoms with Gasteiger partial charge in [-0.3, -0.25) is 0 Å². The van der Waals surface area contributed by atoms with E-state index in [2.05, 4.69) is 5.32 Å². The van der Waals surface area contributed by atoms with Gasteiger partial charge < -0.3 is 5.32 Å². The molecule has 0 aromatic heterocycles. The number of benzene rings is 1. The Kier molecular flexibility index (Phi) is 3.40. The number of halogens is 3. The fourth-order valence-corrected chi connectivity index (χ4v) is 1.46. The van der Waals surface area contributed by atoms with Crippen molar-refractivity contribution in [1.82, 2.24) is 0 Å². The molecule has 0 unspecified atom stereocenters. The zero-order chi connectivity index (χ0) is 10.0. The lowest BCUT2D eigenvalue weighted by Crippen LogP contribution is -2.00. The van der Waals surface area contributed by atoms with Gasteiger partial charge in [-0.15, -0.1) is 0 Å². The number of hydrogen-bond donors (Lipinski definition) is 1.